The molecule has 0 aliphatic carbocycles. The molecule has 0 radical (unpaired) electrons. The van der Waals surface area contributed by atoms with Gasteiger partial charge in [0.25, 0.3) is 0 Å². The molecule has 0 fully saturated rings. The zero-order valence-corrected chi connectivity index (χ0v) is 12.9. The van der Waals surface area contributed by atoms with E-state index >= 15 is 0 Å². The molecule has 0 aliphatic heterocycles. The van der Waals surface area contributed by atoms with Crippen molar-refractivity contribution in [1.82, 2.24) is 5.32 Å². The van der Waals surface area contributed by atoms with E-state index in [4.69, 9.17) is 23.2 Å². The van der Waals surface area contributed by atoms with E-state index in [1.807, 2.05) is 0 Å². The van der Waals surface area contributed by atoms with E-state index < -0.39 is 17.6 Å². The quantitative estimate of drug-likeness (QED) is 0.459. The zero-order chi connectivity index (χ0) is 15.3. The summed E-state index contributed by atoms with van der Waals surface area (Å²) in [5.74, 6) is -0.553. The smallest absolute Gasteiger partial charge is 0.148 e. The average molecular weight is 325 g/mol. The molecule has 0 saturated carbocycles. The van der Waals surface area contributed by atoms with E-state index in [2.05, 4.69) is 10.6 Å². The van der Waals surface area contributed by atoms with Gasteiger partial charge in [-0.25, -0.2) is 4.39 Å². The van der Waals surface area contributed by atoms with Gasteiger partial charge in [0.1, 0.15) is 12.0 Å². The van der Waals surface area contributed by atoms with Crippen LogP contribution >= 0.6 is 23.2 Å². The van der Waals surface area contributed by atoms with Crippen LogP contribution in [0.4, 0.5) is 10.1 Å². The van der Waals surface area contributed by atoms with Gasteiger partial charge < -0.3 is 15.5 Å². The van der Waals surface area contributed by atoms with Gasteiger partial charge in [0, 0.05) is 18.7 Å². The number of halogens is 3. The van der Waals surface area contributed by atoms with Crippen LogP contribution in [0.25, 0.3) is 0 Å². The molecule has 20 heavy (non-hydrogen) atoms. The van der Waals surface area contributed by atoms with Gasteiger partial charge in [-0.05, 0) is 19.9 Å². The first-order chi connectivity index (χ1) is 9.24. The first-order valence-corrected chi connectivity index (χ1v) is 7.06. The molecule has 0 aromatic heterocycles. The number of hydrogen-bond donors (Lipinski definition) is 4. The predicted octanol–water partition coefficient (Wildman–Crippen LogP) is 2.31. The van der Waals surface area contributed by atoms with E-state index in [1.165, 1.54) is 0 Å². The van der Waals surface area contributed by atoms with Crippen molar-refractivity contribution in [2.45, 2.75) is 32.2 Å². The second-order valence-corrected chi connectivity index (χ2v) is 5.80. The maximum atomic E-state index is 14.0. The summed E-state index contributed by atoms with van der Waals surface area (Å²) in [6.45, 7) is 3.63. The van der Waals surface area contributed by atoms with Gasteiger partial charge in [-0.1, -0.05) is 17.7 Å². The molecule has 4 nitrogen and oxygen atoms in total. The molecule has 7 heteroatoms. The molecule has 0 spiro atoms. The summed E-state index contributed by atoms with van der Waals surface area (Å²) in [5, 5.41) is 24.4. The minimum absolute atomic E-state index is 0.0145. The number of rotatable bonds is 7. The lowest BCUT2D eigenvalue weighted by atomic mass is 10.1. The Hall–Kier alpha value is -0.590. The number of nitrogens with one attached hydrogen (secondary N) is 2. The third-order valence-electron chi connectivity index (χ3n) is 2.55. The van der Waals surface area contributed by atoms with E-state index in [0.29, 0.717) is 11.3 Å². The summed E-state index contributed by atoms with van der Waals surface area (Å²) in [4.78, 5) is 0. The summed E-state index contributed by atoms with van der Waals surface area (Å²) in [5.41, 5.74) is -0.189. The Morgan fingerprint density at radius 1 is 1.40 bits per heavy atom. The van der Waals surface area contributed by atoms with Crippen molar-refractivity contribution >= 4 is 28.9 Å². The fraction of sp³-hybridized carbons (Fsp3) is 0.538. The summed E-state index contributed by atoms with van der Waals surface area (Å²) >= 11 is 11.4. The molecular weight excluding hydrogens is 306 g/mol. The maximum Gasteiger partial charge on any atom is 0.148 e. The van der Waals surface area contributed by atoms with Crippen LogP contribution in [-0.4, -0.2) is 34.5 Å². The third-order valence-corrected chi connectivity index (χ3v) is 3.21. The second kappa shape index (κ2) is 7.43. The standard InChI is InChI=1S/C13H19Cl2FN2O2/c1-13(2,20)7-18-9-4-3-8(12(16)11(9)15)6-17-10(19)5-14/h3-4,10,17-20H,5-7H2,1-2H3. The summed E-state index contributed by atoms with van der Waals surface area (Å²) in [6, 6.07) is 3.18. The second-order valence-electron chi connectivity index (χ2n) is 5.12. The highest BCUT2D eigenvalue weighted by Crippen LogP contribution is 2.28. The van der Waals surface area contributed by atoms with Crippen LogP contribution in [0.5, 0.6) is 0 Å². The van der Waals surface area contributed by atoms with Crippen LogP contribution in [0.1, 0.15) is 19.4 Å². The van der Waals surface area contributed by atoms with Crippen LogP contribution in [0, 0.1) is 5.82 Å². The average Bonchev–Trinajstić information content (AvgIpc) is 2.37. The van der Waals surface area contributed by atoms with Crippen LogP contribution in [0.2, 0.25) is 5.02 Å². The fourth-order valence-electron chi connectivity index (χ4n) is 1.46. The molecule has 0 saturated heterocycles. The van der Waals surface area contributed by atoms with Gasteiger partial charge in [0.2, 0.25) is 0 Å². The van der Waals surface area contributed by atoms with E-state index in [-0.39, 0.29) is 24.0 Å². The maximum absolute atomic E-state index is 14.0. The lowest BCUT2D eigenvalue weighted by Gasteiger charge is -2.20. The highest BCUT2D eigenvalue weighted by atomic mass is 35.5. The van der Waals surface area contributed by atoms with Crippen LogP contribution in [-0.2, 0) is 6.54 Å². The van der Waals surface area contributed by atoms with Crippen molar-refractivity contribution in [2.75, 3.05) is 17.7 Å². The van der Waals surface area contributed by atoms with E-state index in [9.17, 15) is 14.6 Å². The van der Waals surface area contributed by atoms with Crippen molar-refractivity contribution in [3.05, 3.63) is 28.5 Å². The first-order valence-electron chi connectivity index (χ1n) is 6.15. The van der Waals surface area contributed by atoms with E-state index in [1.54, 1.807) is 26.0 Å². The molecule has 1 aromatic carbocycles. The molecular formula is C13H19Cl2FN2O2. The molecule has 4 N–H and O–H groups in total. The Labute approximate surface area is 127 Å². The van der Waals surface area contributed by atoms with Gasteiger partial charge in [-0.3, -0.25) is 5.32 Å². The van der Waals surface area contributed by atoms with Gasteiger partial charge in [0.05, 0.1) is 22.2 Å². The summed E-state index contributed by atoms with van der Waals surface area (Å²) in [7, 11) is 0. The SMILES string of the molecule is CC(C)(O)CNc1ccc(CNC(O)CCl)c(F)c1Cl. The first kappa shape index (κ1) is 17.5. The largest absolute Gasteiger partial charge is 0.389 e. The Morgan fingerprint density at radius 2 is 2.05 bits per heavy atom. The third kappa shape index (κ3) is 5.42. The highest BCUT2D eigenvalue weighted by Gasteiger charge is 2.16. The minimum atomic E-state index is -0.926. The summed E-state index contributed by atoms with van der Waals surface area (Å²) in [6.07, 6.45) is -0.900. The van der Waals surface area contributed by atoms with Crippen molar-refractivity contribution in [2.24, 2.45) is 0 Å². The molecule has 1 rings (SSSR count). The Bertz CT molecular complexity index is 453. The number of aliphatic hydroxyl groups is 2. The lowest BCUT2D eigenvalue weighted by molar-refractivity contribution is 0.0945. The molecule has 1 atom stereocenters. The van der Waals surface area contributed by atoms with Crippen molar-refractivity contribution in [3.8, 4) is 0 Å². The number of anilines is 1. The molecule has 0 bridgehead atoms. The van der Waals surface area contributed by atoms with Crippen LogP contribution in [0.15, 0.2) is 12.1 Å². The number of alkyl halides is 1. The summed E-state index contributed by atoms with van der Waals surface area (Å²) < 4.78 is 14.0. The molecule has 1 unspecified atom stereocenters. The monoisotopic (exact) mass is 324 g/mol. The molecule has 1 aromatic rings. The topological polar surface area (TPSA) is 64.5 Å². The van der Waals surface area contributed by atoms with Crippen molar-refractivity contribution < 1.29 is 14.6 Å². The highest BCUT2D eigenvalue weighted by molar-refractivity contribution is 6.33. The molecule has 114 valence electrons. The lowest BCUT2D eigenvalue weighted by Crippen LogP contribution is -2.30. The number of benzene rings is 1. The van der Waals surface area contributed by atoms with Gasteiger partial charge in [0.15, 0.2) is 0 Å². The Kier molecular flexibility index (Phi) is 6.48. The minimum Gasteiger partial charge on any atom is -0.389 e. The molecule has 0 amide bonds. The van der Waals surface area contributed by atoms with Gasteiger partial charge in [-0.15, -0.1) is 11.6 Å². The van der Waals surface area contributed by atoms with Crippen LogP contribution in [0.3, 0.4) is 0 Å². The zero-order valence-electron chi connectivity index (χ0n) is 11.4. The fourth-order valence-corrected chi connectivity index (χ4v) is 1.82. The number of aliphatic hydroxyl groups excluding tert-OH is 1. The molecule has 0 heterocycles. The van der Waals surface area contributed by atoms with Crippen molar-refractivity contribution in [3.63, 3.8) is 0 Å². The van der Waals surface area contributed by atoms with E-state index in [0.717, 1.165) is 0 Å². The number of hydrogen-bond acceptors (Lipinski definition) is 4. The predicted molar refractivity (Wildman–Crippen MR) is 79.8 cm³/mol. The van der Waals surface area contributed by atoms with Gasteiger partial charge >= 0.3 is 0 Å². The van der Waals surface area contributed by atoms with Gasteiger partial charge in [-0.2, -0.15) is 0 Å². The Balaban J connectivity index is 2.76. The van der Waals surface area contributed by atoms with Crippen molar-refractivity contribution in [1.29, 1.82) is 0 Å². The normalized spacial score (nSPS) is 13.3. The Morgan fingerprint density at radius 3 is 2.60 bits per heavy atom. The van der Waals surface area contributed by atoms with Crippen LogP contribution < -0.4 is 10.6 Å². The molecule has 0 aliphatic rings.